The first-order chi connectivity index (χ1) is 20.1. The third kappa shape index (κ3) is 7.83. The summed E-state index contributed by atoms with van der Waals surface area (Å²) in [5.41, 5.74) is 4.43. The minimum absolute atomic E-state index is 0.0474. The number of anilines is 3. The molecule has 0 radical (unpaired) electrons. The van der Waals surface area contributed by atoms with Crippen molar-refractivity contribution in [3.63, 3.8) is 0 Å². The summed E-state index contributed by atoms with van der Waals surface area (Å²) in [6, 6.07) is 21.6. The standard InChI is InChI=1S/C29H27Cl2N7O3S/c1-42(40,41)17-20-5-4-6-21(13-20)34-28-33-12-11-22(35-28)16-32-18-38-26-8-3-2-7-25(26)36-29(38)37-27(39)15-19-9-10-23(30)24(31)14-19/h2-14,32H,15-18H2,1H3,(H,33,34,35)(H,36,37,39). The number of amides is 1. The fraction of sp³-hybridized carbons (Fsp3) is 0.172. The van der Waals surface area contributed by atoms with Gasteiger partial charge in [0.25, 0.3) is 0 Å². The molecule has 42 heavy (non-hydrogen) atoms. The van der Waals surface area contributed by atoms with E-state index in [1.54, 1.807) is 48.7 Å². The lowest BCUT2D eigenvalue weighted by atomic mass is 10.1. The van der Waals surface area contributed by atoms with Crippen LogP contribution < -0.4 is 16.0 Å². The molecule has 0 saturated heterocycles. The molecule has 5 rings (SSSR count). The summed E-state index contributed by atoms with van der Waals surface area (Å²) < 4.78 is 25.2. The molecule has 10 nitrogen and oxygen atoms in total. The van der Waals surface area contributed by atoms with Crippen LogP contribution in [0.3, 0.4) is 0 Å². The molecule has 13 heteroatoms. The van der Waals surface area contributed by atoms with Crippen molar-refractivity contribution >= 4 is 67.6 Å². The van der Waals surface area contributed by atoms with Crippen molar-refractivity contribution in [2.24, 2.45) is 0 Å². The number of rotatable bonds is 11. The van der Waals surface area contributed by atoms with Gasteiger partial charge >= 0.3 is 0 Å². The first-order valence-electron chi connectivity index (χ1n) is 12.9. The molecule has 2 aromatic heterocycles. The molecular formula is C29H27Cl2N7O3S. The van der Waals surface area contributed by atoms with Crippen LogP contribution >= 0.6 is 23.2 Å². The zero-order valence-corrected chi connectivity index (χ0v) is 24.8. The van der Waals surface area contributed by atoms with E-state index in [4.69, 9.17) is 23.2 Å². The molecule has 0 aliphatic carbocycles. The number of carbonyl (C=O) groups is 1. The lowest BCUT2D eigenvalue weighted by molar-refractivity contribution is -0.115. The van der Waals surface area contributed by atoms with E-state index in [0.717, 1.165) is 22.3 Å². The zero-order chi connectivity index (χ0) is 29.7. The quantitative estimate of drug-likeness (QED) is 0.179. The molecule has 0 aliphatic rings. The summed E-state index contributed by atoms with van der Waals surface area (Å²) in [4.78, 5) is 26.3. The predicted molar refractivity (Wildman–Crippen MR) is 166 cm³/mol. The van der Waals surface area contributed by atoms with E-state index in [1.807, 2.05) is 34.9 Å². The Hall–Kier alpha value is -4.03. The molecule has 1 amide bonds. The van der Waals surface area contributed by atoms with Crippen LogP contribution in [0.4, 0.5) is 17.6 Å². The van der Waals surface area contributed by atoms with E-state index >= 15 is 0 Å². The van der Waals surface area contributed by atoms with Crippen molar-refractivity contribution in [2.45, 2.75) is 25.4 Å². The average Bonchev–Trinajstić information content (AvgIpc) is 3.27. The summed E-state index contributed by atoms with van der Waals surface area (Å²) in [7, 11) is -3.15. The van der Waals surface area contributed by atoms with E-state index in [1.165, 1.54) is 6.26 Å². The number of nitrogens with zero attached hydrogens (tertiary/aromatic N) is 4. The van der Waals surface area contributed by atoms with Gasteiger partial charge in [-0.05, 0) is 53.6 Å². The molecular weight excluding hydrogens is 597 g/mol. The molecule has 2 heterocycles. The number of nitrogens with one attached hydrogen (secondary N) is 3. The minimum atomic E-state index is -3.15. The predicted octanol–water partition coefficient (Wildman–Crippen LogP) is 5.35. The lowest BCUT2D eigenvalue weighted by Gasteiger charge is -2.12. The molecule has 5 aromatic rings. The summed E-state index contributed by atoms with van der Waals surface area (Å²) in [6.07, 6.45) is 2.96. The van der Waals surface area contributed by atoms with E-state index in [0.29, 0.717) is 46.4 Å². The van der Waals surface area contributed by atoms with Crippen molar-refractivity contribution in [1.82, 2.24) is 24.8 Å². The van der Waals surface area contributed by atoms with Gasteiger partial charge in [-0.1, -0.05) is 53.5 Å². The Balaban J connectivity index is 1.25. The second-order valence-corrected chi connectivity index (χ2v) is 12.6. The summed E-state index contributed by atoms with van der Waals surface area (Å²) in [5.74, 6) is 0.507. The van der Waals surface area contributed by atoms with Crippen molar-refractivity contribution in [3.05, 3.63) is 106 Å². The van der Waals surface area contributed by atoms with E-state index in [-0.39, 0.29) is 18.1 Å². The van der Waals surface area contributed by atoms with E-state index < -0.39 is 9.84 Å². The second kappa shape index (κ2) is 12.9. The normalized spacial score (nSPS) is 11.5. The van der Waals surface area contributed by atoms with Crippen LogP contribution in [0.15, 0.2) is 79.0 Å². The molecule has 0 atom stereocenters. The number of para-hydroxylation sites is 2. The summed E-state index contributed by atoms with van der Waals surface area (Å²) >= 11 is 12.1. The van der Waals surface area contributed by atoms with Gasteiger partial charge in [-0.15, -0.1) is 0 Å². The highest BCUT2D eigenvalue weighted by atomic mass is 35.5. The monoisotopic (exact) mass is 623 g/mol. The topological polar surface area (TPSA) is 131 Å². The van der Waals surface area contributed by atoms with Gasteiger partial charge < -0.3 is 5.32 Å². The Bertz CT molecular complexity index is 1860. The van der Waals surface area contributed by atoms with E-state index in [2.05, 4.69) is 30.9 Å². The van der Waals surface area contributed by atoms with Gasteiger partial charge in [0, 0.05) is 24.7 Å². The molecule has 0 aliphatic heterocycles. The first-order valence-corrected chi connectivity index (χ1v) is 15.7. The van der Waals surface area contributed by atoms with Gasteiger partial charge in [-0.25, -0.2) is 23.4 Å². The average molecular weight is 625 g/mol. The zero-order valence-electron chi connectivity index (χ0n) is 22.5. The lowest BCUT2D eigenvalue weighted by Crippen LogP contribution is -2.23. The van der Waals surface area contributed by atoms with Crippen LogP contribution in [0, 0.1) is 0 Å². The number of carbonyl (C=O) groups excluding carboxylic acids is 1. The maximum Gasteiger partial charge on any atom is 0.231 e. The Kier molecular flexibility index (Phi) is 9.03. The highest BCUT2D eigenvalue weighted by Gasteiger charge is 2.14. The molecule has 0 fully saturated rings. The van der Waals surface area contributed by atoms with Crippen LogP contribution in [-0.2, 0) is 40.0 Å². The number of hydrogen-bond acceptors (Lipinski definition) is 8. The van der Waals surface area contributed by atoms with Crippen molar-refractivity contribution in [1.29, 1.82) is 0 Å². The fourth-order valence-electron chi connectivity index (χ4n) is 4.36. The fourth-order valence-corrected chi connectivity index (χ4v) is 5.46. The SMILES string of the molecule is CS(=O)(=O)Cc1cccc(Nc2nccc(CNCn3c(NC(=O)Cc4ccc(Cl)c(Cl)c4)nc4ccccc43)n2)c1. The highest BCUT2D eigenvalue weighted by Crippen LogP contribution is 2.24. The van der Waals surface area contributed by atoms with Gasteiger partial charge in [-0.3, -0.25) is 20.0 Å². The number of sulfone groups is 1. The molecule has 3 N–H and O–H groups in total. The number of fused-ring (bicyclic) bond motifs is 1. The minimum Gasteiger partial charge on any atom is -0.324 e. The number of halogens is 2. The smallest absolute Gasteiger partial charge is 0.231 e. The van der Waals surface area contributed by atoms with Crippen LogP contribution in [0.25, 0.3) is 11.0 Å². The second-order valence-electron chi connectivity index (χ2n) is 9.68. The van der Waals surface area contributed by atoms with Gasteiger partial charge in [0.1, 0.15) is 0 Å². The van der Waals surface area contributed by atoms with Gasteiger partial charge in [-0.2, -0.15) is 0 Å². The molecule has 0 spiro atoms. The Morgan fingerprint density at radius 2 is 1.76 bits per heavy atom. The highest BCUT2D eigenvalue weighted by molar-refractivity contribution is 7.89. The first kappa shape index (κ1) is 29.5. The summed E-state index contributed by atoms with van der Waals surface area (Å²) in [5, 5.41) is 10.2. The molecule has 216 valence electrons. The van der Waals surface area contributed by atoms with Gasteiger partial charge in [0.05, 0.1) is 45.6 Å². The van der Waals surface area contributed by atoms with Crippen LogP contribution in [-0.4, -0.2) is 40.1 Å². The number of imidazole rings is 1. The Morgan fingerprint density at radius 3 is 2.57 bits per heavy atom. The Labute approximate surface area is 253 Å². The van der Waals surface area contributed by atoms with Crippen molar-refractivity contribution in [2.75, 3.05) is 16.9 Å². The van der Waals surface area contributed by atoms with Gasteiger partial charge in [0.15, 0.2) is 9.84 Å². The maximum atomic E-state index is 12.9. The van der Waals surface area contributed by atoms with Crippen molar-refractivity contribution < 1.29 is 13.2 Å². The maximum absolute atomic E-state index is 12.9. The number of benzene rings is 3. The molecule has 3 aromatic carbocycles. The van der Waals surface area contributed by atoms with Crippen LogP contribution in [0.1, 0.15) is 16.8 Å². The molecule has 0 unspecified atom stereocenters. The molecule has 0 saturated carbocycles. The van der Waals surface area contributed by atoms with Crippen LogP contribution in [0.2, 0.25) is 10.0 Å². The Morgan fingerprint density at radius 1 is 0.929 bits per heavy atom. The van der Waals surface area contributed by atoms with Crippen LogP contribution in [0.5, 0.6) is 0 Å². The van der Waals surface area contributed by atoms with Crippen molar-refractivity contribution in [3.8, 4) is 0 Å². The largest absolute Gasteiger partial charge is 0.324 e. The number of hydrogen-bond donors (Lipinski definition) is 3. The van der Waals surface area contributed by atoms with Gasteiger partial charge in [0.2, 0.25) is 17.8 Å². The third-order valence-corrected chi connectivity index (χ3v) is 7.75. The summed E-state index contributed by atoms with van der Waals surface area (Å²) in [6.45, 7) is 0.762. The number of aromatic nitrogens is 4. The van der Waals surface area contributed by atoms with E-state index in [9.17, 15) is 13.2 Å². The third-order valence-electron chi connectivity index (χ3n) is 6.16. The molecule has 0 bridgehead atoms.